The highest BCUT2D eigenvalue weighted by Gasteiger charge is 2.40. The first kappa shape index (κ1) is 15.6. The second-order valence-electron chi connectivity index (χ2n) is 4.76. The van der Waals surface area contributed by atoms with E-state index in [0.717, 1.165) is 0 Å². The fourth-order valence-corrected chi connectivity index (χ4v) is 2.78. The number of hydrogen-bond acceptors (Lipinski definition) is 5. The number of amides is 2. The molecule has 0 aliphatic carbocycles. The molecule has 0 spiro atoms. The van der Waals surface area contributed by atoms with Crippen LogP contribution < -0.4 is 4.90 Å². The molecule has 0 fully saturated rings. The number of benzene rings is 1. The van der Waals surface area contributed by atoms with Gasteiger partial charge in [-0.15, -0.1) is 0 Å². The Labute approximate surface area is 142 Å². The van der Waals surface area contributed by atoms with Gasteiger partial charge in [-0.1, -0.05) is 16.8 Å². The number of fused-ring (bicyclic) bond motifs is 1. The molecule has 0 atom stereocenters. The number of nitrogens with zero attached hydrogens (tertiary/aromatic N) is 2. The highest BCUT2D eigenvalue weighted by molar-refractivity contribution is 9.10. The topological polar surface area (TPSA) is 104 Å². The molecule has 2 aromatic rings. The van der Waals surface area contributed by atoms with E-state index in [4.69, 9.17) is 16.1 Å². The van der Waals surface area contributed by atoms with Gasteiger partial charge in [0, 0.05) is 16.1 Å². The predicted molar refractivity (Wildman–Crippen MR) is 85.3 cm³/mol. The summed E-state index contributed by atoms with van der Waals surface area (Å²) in [6, 6.07) is 4.23. The minimum Gasteiger partial charge on any atom is -0.504 e. The molecule has 0 radical (unpaired) electrons. The van der Waals surface area contributed by atoms with E-state index in [0.29, 0.717) is 15.1 Å². The molecule has 2 heterocycles. The maximum Gasteiger partial charge on any atom is 0.419 e. The number of halogens is 2. The number of aromatic nitrogens is 1. The minimum atomic E-state index is -1.48. The molecule has 1 aromatic heterocycles. The maximum atomic E-state index is 12.5. The van der Waals surface area contributed by atoms with Gasteiger partial charge in [0.2, 0.25) is 5.76 Å². The highest BCUT2D eigenvalue weighted by Crippen LogP contribution is 2.43. The second-order valence-corrected chi connectivity index (χ2v) is 6.02. The van der Waals surface area contributed by atoms with Gasteiger partial charge in [-0.3, -0.25) is 4.79 Å². The Morgan fingerprint density at radius 3 is 2.61 bits per heavy atom. The number of rotatable bonds is 1. The summed E-state index contributed by atoms with van der Waals surface area (Å²) in [5.74, 6) is -1.42. The van der Waals surface area contributed by atoms with E-state index in [1.165, 1.54) is 18.2 Å². The summed E-state index contributed by atoms with van der Waals surface area (Å²) in [5, 5.41) is 23.5. The van der Waals surface area contributed by atoms with Crippen LogP contribution in [0, 0.1) is 6.92 Å². The molecular formula is C14H8BrClN2O5. The van der Waals surface area contributed by atoms with Gasteiger partial charge in [-0.25, -0.2) is 9.69 Å². The molecule has 2 N–H and O–H groups in total. The Hall–Kier alpha value is -2.32. The Morgan fingerprint density at radius 2 is 2.04 bits per heavy atom. The van der Waals surface area contributed by atoms with Crippen molar-refractivity contribution in [2.75, 3.05) is 4.90 Å². The highest BCUT2D eigenvalue weighted by atomic mass is 79.9. The van der Waals surface area contributed by atoms with Crippen molar-refractivity contribution in [3.8, 4) is 0 Å². The van der Waals surface area contributed by atoms with Gasteiger partial charge in [0.25, 0.3) is 5.91 Å². The molecule has 0 saturated carbocycles. The third kappa shape index (κ3) is 2.40. The van der Waals surface area contributed by atoms with Gasteiger partial charge < -0.3 is 14.7 Å². The van der Waals surface area contributed by atoms with Gasteiger partial charge in [-0.2, -0.15) is 0 Å². The summed E-state index contributed by atoms with van der Waals surface area (Å²) in [7, 11) is 0. The average Bonchev–Trinajstić information content (AvgIpc) is 3.00. The Bertz CT molecular complexity index is 889. The lowest BCUT2D eigenvalue weighted by atomic mass is 10.0. The monoisotopic (exact) mass is 398 g/mol. The molecule has 0 saturated heterocycles. The van der Waals surface area contributed by atoms with Crippen molar-refractivity contribution in [2.24, 2.45) is 0 Å². The van der Waals surface area contributed by atoms with E-state index < -0.39 is 17.8 Å². The first-order chi connectivity index (χ1) is 10.8. The molecule has 0 bridgehead atoms. The SMILES string of the molecule is Cc1cc(/C(O)=C2\C(=O)N(C(=O)O)c3cc(Cl)c(Br)cc32)on1. The van der Waals surface area contributed by atoms with Crippen molar-refractivity contribution in [2.45, 2.75) is 6.92 Å². The van der Waals surface area contributed by atoms with Crippen molar-refractivity contribution in [1.82, 2.24) is 5.16 Å². The zero-order valence-corrected chi connectivity index (χ0v) is 13.8. The van der Waals surface area contributed by atoms with Crippen LogP contribution in [-0.4, -0.2) is 27.4 Å². The zero-order chi connectivity index (χ0) is 16.9. The molecule has 23 heavy (non-hydrogen) atoms. The van der Waals surface area contributed by atoms with Crippen LogP contribution in [0.1, 0.15) is 17.0 Å². The lowest BCUT2D eigenvalue weighted by molar-refractivity contribution is -0.112. The van der Waals surface area contributed by atoms with Gasteiger partial charge in [-0.05, 0) is 35.0 Å². The van der Waals surface area contributed by atoms with Crippen LogP contribution in [-0.2, 0) is 4.79 Å². The van der Waals surface area contributed by atoms with E-state index in [9.17, 15) is 19.8 Å². The lowest BCUT2D eigenvalue weighted by Crippen LogP contribution is -2.32. The van der Waals surface area contributed by atoms with Gasteiger partial charge in [0.05, 0.1) is 22.0 Å². The number of aryl methyl sites for hydroxylation is 1. The Morgan fingerprint density at radius 1 is 1.35 bits per heavy atom. The standard InChI is InChI=1S/C14H8BrClN2O5/c1-5-2-10(23-17-5)12(19)11-6-3-7(15)8(16)4-9(6)18(13(11)20)14(21)22/h2-4,19H,1H3,(H,21,22)/b12-11+. The molecule has 7 nitrogen and oxygen atoms in total. The average molecular weight is 400 g/mol. The molecule has 9 heteroatoms. The van der Waals surface area contributed by atoms with Crippen LogP contribution >= 0.6 is 27.5 Å². The van der Waals surface area contributed by atoms with Crippen LogP contribution in [0.5, 0.6) is 0 Å². The Balaban J connectivity index is 2.30. The third-order valence-corrected chi connectivity index (χ3v) is 4.45. The summed E-state index contributed by atoms with van der Waals surface area (Å²) in [5.41, 5.74) is 0.592. The number of carboxylic acid groups (broad SMARTS) is 1. The number of carbonyl (C=O) groups is 2. The predicted octanol–water partition coefficient (Wildman–Crippen LogP) is 3.85. The quantitative estimate of drug-likeness (QED) is 0.557. The molecule has 2 amide bonds. The molecular weight excluding hydrogens is 392 g/mol. The summed E-state index contributed by atoms with van der Waals surface area (Å²) in [6.07, 6.45) is -1.48. The van der Waals surface area contributed by atoms with Crippen LogP contribution in [0.2, 0.25) is 5.02 Å². The maximum absolute atomic E-state index is 12.5. The van der Waals surface area contributed by atoms with Crippen LogP contribution in [0.4, 0.5) is 10.5 Å². The van der Waals surface area contributed by atoms with E-state index >= 15 is 0 Å². The van der Waals surface area contributed by atoms with E-state index in [1.807, 2.05) is 0 Å². The summed E-state index contributed by atoms with van der Waals surface area (Å²) in [4.78, 5) is 24.4. The number of hydrogen-bond donors (Lipinski definition) is 2. The number of carbonyl (C=O) groups excluding carboxylic acids is 1. The van der Waals surface area contributed by atoms with Crippen LogP contribution in [0.15, 0.2) is 27.2 Å². The van der Waals surface area contributed by atoms with E-state index in [2.05, 4.69) is 21.1 Å². The van der Waals surface area contributed by atoms with Gasteiger partial charge >= 0.3 is 6.09 Å². The molecule has 1 aliphatic heterocycles. The number of anilines is 1. The van der Waals surface area contributed by atoms with Crippen LogP contribution in [0.25, 0.3) is 11.3 Å². The lowest BCUT2D eigenvalue weighted by Gasteiger charge is -2.10. The summed E-state index contributed by atoms with van der Waals surface area (Å²) in [6.45, 7) is 1.65. The zero-order valence-electron chi connectivity index (χ0n) is 11.5. The molecule has 0 unspecified atom stereocenters. The summed E-state index contributed by atoms with van der Waals surface area (Å²) >= 11 is 9.19. The smallest absolute Gasteiger partial charge is 0.419 e. The van der Waals surface area contributed by atoms with Crippen molar-refractivity contribution >= 4 is 56.6 Å². The normalized spacial score (nSPS) is 15.8. The molecule has 3 rings (SSSR count). The largest absolute Gasteiger partial charge is 0.504 e. The summed E-state index contributed by atoms with van der Waals surface area (Å²) < 4.78 is 5.39. The van der Waals surface area contributed by atoms with E-state index in [1.54, 1.807) is 6.92 Å². The van der Waals surface area contributed by atoms with Crippen LogP contribution in [0.3, 0.4) is 0 Å². The van der Waals surface area contributed by atoms with Crippen molar-refractivity contribution < 1.29 is 24.3 Å². The third-order valence-electron chi connectivity index (χ3n) is 3.26. The van der Waals surface area contributed by atoms with Crippen molar-refractivity contribution in [3.05, 3.63) is 44.7 Å². The molecule has 1 aromatic carbocycles. The van der Waals surface area contributed by atoms with Crippen molar-refractivity contribution in [3.63, 3.8) is 0 Å². The first-order valence-corrected chi connectivity index (χ1v) is 7.42. The van der Waals surface area contributed by atoms with E-state index in [-0.39, 0.29) is 27.6 Å². The fraction of sp³-hybridized carbons (Fsp3) is 0.0714. The first-order valence-electron chi connectivity index (χ1n) is 6.25. The number of imide groups is 1. The molecule has 118 valence electrons. The van der Waals surface area contributed by atoms with Gasteiger partial charge in [0.1, 0.15) is 0 Å². The van der Waals surface area contributed by atoms with Crippen molar-refractivity contribution in [1.29, 1.82) is 0 Å². The molecule has 1 aliphatic rings. The Kier molecular flexibility index (Phi) is 3.65. The number of aliphatic hydroxyl groups is 1. The minimum absolute atomic E-state index is 0.0323. The fourth-order valence-electron chi connectivity index (χ4n) is 2.28. The van der Waals surface area contributed by atoms with Gasteiger partial charge in [0.15, 0.2) is 5.76 Å². The second kappa shape index (κ2) is 5.39. The number of aliphatic hydroxyl groups excluding tert-OH is 1.